The number of hydrogen-bond donors (Lipinski definition) is 0. The van der Waals surface area contributed by atoms with Crippen LogP contribution in [0.1, 0.15) is 24.5 Å². The van der Waals surface area contributed by atoms with Crippen molar-refractivity contribution in [2.24, 2.45) is 0 Å². The van der Waals surface area contributed by atoms with Crippen molar-refractivity contribution in [2.45, 2.75) is 19.8 Å². The Labute approximate surface area is 112 Å². The highest BCUT2D eigenvalue weighted by Gasteiger charge is 2.06. The van der Waals surface area contributed by atoms with Crippen LogP contribution in [-0.2, 0) is 6.42 Å². The topological polar surface area (TPSA) is 0 Å². The predicted molar refractivity (Wildman–Crippen MR) is 74.8 cm³/mol. The van der Waals surface area contributed by atoms with Gasteiger partial charge in [0, 0.05) is 6.07 Å². The smallest absolute Gasteiger partial charge is 0.129 e. The van der Waals surface area contributed by atoms with Crippen LogP contribution in [0, 0.1) is 11.6 Å². The Bertz CT molecular complexity index is 571. The highest BCUT2D eigenvalue weighted by Crippen LogP contribution is 2.21. The number of benzene rings is 2. The van der Waals surface area contributed by atoms with Gasteiger partial charge in [-0.2, -0.15) is 0 Å². The first-order valence-electron chi connectivity index (χ1n) is 6.35. The molecule has 0 nitrogen and oxygen atoms in total. The fourth-order valence-corrected chi connectivity index (χ4v) is 2.10. The largest absolute Gasteiger partial charge is 0.207 e. The van der Waals surface area contributed by atoms with Crippen LogP contribution in [0.3, 0.4) is 0 Å². The lowest BCUT2D eigenvalue weighted by molar-refractivity contribution is 0.572. The minimum atomic E-state index is -0.532. The molecule has 2 aromatic carbocycles. The molecule has 0 aliphatic rings. The van der Waals surface area contributed by atoms with Crippen molar-refractivity contribution in [3.8, 4) is 0 Å². The number of hydrogen-bond acceptors (Lipinski definition) is 0. The lowest BCUT2D eigenvalue weighted by Gasteiger charge is -2.08. The van der Waals surface area contributed by atoms with E-state index in [4.69, 9.17) is 0 Å². The molecule has 0 aliphatic heterocycles. The zero-order valence-electron chi connectivity index (χ0n) is 10.9. The molecule has 0 bridgehead atoms. The van der Waals surface area contributed by atoms with E-state index >= 15 is 0 Å². The van der Waals surface area contributed by atoms with Crippen LogP contribution in [0.15, 0.2) is 54.6 Å². The standard InChI is InChI=1S/C17H16F2/c1-2-13(14-6-4-3-5-7-14)8-9-15-10-11-16(18)12-17(15)19/h2-7,10-12H,8-9H2,1H3. The number of allylic oxidation sites excluding steroid dienone is 2. The van der Waals surface area contributed by atoms with Gasteiger partial charge in [-0.3, -0.25) is 0 Å². The molecule has 2 heteroatoms. The summed E-state index contributed by atoms with van der Waals surface area (Å²) in [5, 5.41) is 0. The molecule has 0 heterocycles. The summed E-state index contributed by atoms with van der Waals surface area (Å²) in [4.78, 5) is 0. The van der Waals surface area contributed by atoms with Gasteiger partial charge in [0.05, 0.1) is 0 Å². The zero-order chi connectivity index (χ0) is 13.7. The third-order valence-electron chi connectivity index (χ3n) is 3.17. The van der Waals surface area contributed by atoms with Gasteiger partial charge in [-0.05, 0) is 42.5 Å². The second kappa shape index (κ2) is 6.28. The normalized spacial score (nSPS) is 11.6. The predicted octanol–water partition coefficient (Wildman–Crippen LogP) is 5.00. The SMILES string of the molecule is CC=C(CCc1ccc(F)cc1F)c1ccccc1. The van der Waals surface area contributed by atoms with E-state index in [-0.39, 0.29) is 0 Å². The minimum Gasteiger partial charge on any atom is -0.207 e. The van der Waals surface area contributed by atoms with E-state index < -0.39 is 11.6 Å². The fourth-order valence-electron chi connectivity index (χ4n) is 2.10. The molecule has 0 atom stereocenters. The van der Waals surface area contributed by atoms with Crippen LogP contribution in [0.5, 0.6) is 0 Å². The van der Waals surface area contributed by atoms with Crippen LogP contribution in [0.4, 0.5) is 8.78 Å². The third kappa shape index (κ3) is 3.50. The molecular weight excluding hydrogens is 242 g/mol. The Morgan fingerprint density at radius 1 is 1.05 bits per heavy atom. The van der Waals surface area contributed by atoms with Crippen molar-refractivity contribution < 1.29 is 8.78 Å². The first-order chi connectivity index (χ1) is 9.20. The van der Waals surface area contributed by atoms with Crippen LogP contribution in [0.25, 0.3) is 5.57 Å². The molecular formula is C17H16F2. The molecule has 0 fully saturated rings. The second-order valence-electron chi connectivity index (χ2n) is 4.42. The molecule has 98 valence electrons. The van der Waals surface area contributed by atoms with Crippen molar-refractivity contribution in [2.75, 3.05) is 0 Å². The van der Waals surface area contributed by atoms with Crippen molar-refractivity contribution in [3.05, 3.63) is 77.4 Å². The van der Waals surface area contributed by atoms with Gasteiger partial charge in [-0.25, -0.2) is 8.78 Å². The maximum Gasteiger partial charge on any atom is 0.129 e. The van der Waals surface area contributed by atoms with Crippen LogP contribution in [-0.4, -0.2) is 0 Å². The second-order valence-corrected chi connectivity index (χ2v) is 4.42. The maximum atomic E-state index is 13.5. The van der Waals surface area contributed by atoms with E-state index in [1.165, 1.54) is 17.7 Å². The Hall–Kier alpha value is -1.96. The number of halogens is 2. The molecule has 0 unspecified atom stereocenters. The van der Waals surface area contributed by atoms with Crippen LogP contribution < -0.4 is 0 Å². The van der Waals surface area contributed by atoms with Crippen molar-refractivity contribution >= 4 is 5.57 Å². The van der Waals surface area contributed by atoms with Crippen molar-refractivity contribution in [1.29, 1.82) is 0 Å². The highest BCUT2D eigenvalue weighted by molar-refractivity contribution is 5.65. The summed E-state index contributed by atoms with van der Waals surface area (Å²) in [6, 6.07) is 13.8. The monoisotopic (exact) mass is 258 g/mol. The van der Waals surface area contributed by atoms with Gasteiger partial charge < -0.3 is 0 Å². The van der Waals surface area contributed by atoms with E-state index in [0.717, 1.165) is 18.1 Å². The fraction of sp³-hybridized carbons (Fsp3) is 0.176. The molecule has 2 aromatic rings. The average molecular weight is 258 g/mol. The van der Waals surface area contributed by atoms with Gasteiger partial charge in [0.15, 0.2) is 0 Å². The summed E-state index contributed by atoms with van der Waals surface area (Å²) in [5.74, 6) is -1.00. The van der Waals surface area contributed by atoms with E-state index in [9.17, 15) is 8.78 Å². The Morgan fingerprint density at radius 3 is 2.42 bits per heavy atom. The Morgan fingerprint density at radius 2 is 1.79 bits per heavy atom. The summed E-state index contributed by atoms with van der Waals surface area (Å²) in [6.45, 7) is 1.98. The lowest BCUT2D eigenvalue weighted by Crippen LogP contribution is -1.94. The summed E-state index contributed by atoms with van der Waals surface area (Å²) in [6.07, 6.45) is 3.35. The van der Waals surface area contributed by atoms with E-state index in [1.54, 1.807) is 0 Å². The van der Waals surface area contributed by atoms with E-state index in [2.05, 4.69) is 0 Å². The van der Waals surface area contributed by atoms with Gasteiger partial charge in [-0.1, -0.05) is 42.5 Å². The van der Waals surface area contributed by atoms with Gasteiger partial charge in [0.2, 0.25) is 0 Å². The molecule has 0 N–H and O–H groups in total. The molecule has 0 aliphatic carbocycles. The third-order valence-corrected chi connectivity index (χ3v) is 3.17. The molecule has 0 radical (unpaired) electrons. The summed E-state index contributed by atoms with van der Waals surface area (Å²) in [7, 11) is 0. The molecule has 2 rings (SSSR count). The van der Waals surface area contributed by atoms with Gasteiger partial charge in [0.25, 0.3) is 0 Å². The first-order valence-corrected chi connectivity index (χ1v) is 6.35. The van der Waals surface area contributed by atoms with Gasteiger partial charge >= 0.3 is 0 Å². The summed E-state index contributed by atoms with van der Waals surface area (Å²) < 4.78 is 26.4. The molecule has 0 saturated carbocycles. The van der Waals surface area contributed by atoms with Gasteiger partial charge in [-0.15, -0.1) is 0 Å². The molecule has 19 heavy (non-hydrogen) atoms. The van der Waals surface area contributed by atoms with Crippen LogP contribution in [0.2, 0.25) is 0 Å². The molecule has 0 aromatic heterocycles. The highest BCUT2D eigenvalue weighted by atomic mass is 19.1. The summed E-state index contributed by atoms with van der Waals surface area (Å²) in [5.41, 5.74) is 2.87. The van der Waals surface area contributed by atoms with E-state index in [0.29, 0.717) is 12.0 Å². The Kier molecular flexibility index (Phi) is 4.45. The molecule has 0 saturated heterocycles. The average Bonchev–Trinajstić information content (AvgIpc) is 2.43. The van der Waals surface area contributed by atoms with Crippen LogP contribution >= 0.6 is 0 Å². The maximum absolute atomic E-state index is 13.5. The summed E-state index contributed by atoms with van der Waals surface area (Å²) >= 11 is 0. The molecule has 0 amide bonds. The van der Waals surface area contributed by atoms with Crippen molar-refractivity contribution in [1.82, 2.24) is 0 Å². The lowest BCUT2D eigenvalue weighted by atomic mass is 9.98. The van der Waals surface area contributed by atoms with Gasteiger partial charge in [0.1, 0.15) is 11.6 Å². The van der Waals surface area contributed by atoms with E-state index in [1.807, 2.05) is 43.3 Å². The zero-order valence-corrected chi connectivity index (χ0v) is 10.9. The number of aryl methyl sites for hydroxylation is 1. The molecule has 0 spiro atoms. The van der Waals surface area contributed by atoms with Crippen molar-refractivity contribution in [3.63, 3.8) is 0 Å². The quantitative estimate of drug-likeness (QED) is 0.723. The first kappa shape index (κ1) is 13.5. The Balaban J connectivity index is 2.09. The number of rotatable bonds is 4. The minimum absolute atomic E-state index is 0.469.